The number of benzene rings is 2. The second-order valence-corrected chi connectivity index (χ2v) is 13.7. The van der Waals surface area contributed by atoms with Crippen LogP contribution in [0.2, 0.25) is 0 Å². The van der Waals surface area contributed by atoms with E-state index >= 15 is 0 Å². The highest BCUT2D eigenvalue weighted by Crippen LogP contribution is 2.61. The zero-order valence-corrected chi connectivity index (χ0v) is 26.9. The van der Waals surface area contributed by atoms with Crippen molar-refractivity contribution in [2.45, 2.75) is 72.2 Å². The number of nitrogens with zero attached hydrogens (tertiary/aromatic N) is 4. The van der Waals surface area contributed by atoms with Crippen molar-refractivity contribution in [2.24, 2.45) is 35.2 Å². The number of halogens is 1. The van der Waals surface area contributed by atoms with Crippen LogP contribution in [0, 0.1) is 29.0 Å². The lowest BCUT2D eigenvalue weighted by Gasteiger charge is -2.61. The fraction of sp³-hybridized carbons (Fsp3) is 0.559. The summed E-state index contributed by atoms with van der Waals surface area (Å²) in [5, 5.41) is 7.77. The molecular weight excluding hydrogens is 559 g/mol. The molecule has 44 heavy (non-hydrogen) atoms. The Kier molecular flexibility index (Phi) is 8.07. The third-order valence-corrected chi connectivity index (χ3v) is 10.4. The second kappa shape index (κ2) is 11.7. The Morgan fingerprint density at radius 3 is 2.55 bits per heavy atom. The van der Waals surface area contributed by atoms with Crippen molar-refractivity contribution in [3.05, 3.63) is 58.4 Å². The maximum atomic E-state index is 14.5. The van der Waals surface area contributed by atoms with Gasteiger partial charge in [0.2, 0.25) is 0 Å². The molecular formula is C34H45FN6O3. The molecule has 7 rings (SSSR count). The SMILES string of the molecule is COc1ccc(OCc2nc3cc(N/C(=N/C4C[C@H]5C[C@@H]([C@@H]4C)C5(C)C)N4C[C@@H](C)N[C@@H](C)C4)ccc3c(=O)n2C)c(F)c1. The van der Waals surface area contributed by atoms with E-state index in [1.54, 1.807) is 13.1 Å². The summed E-state index contributed by atoms with van der Waals surface area (Å²) in [6, 6.07) is 10.9. The van der Waals surface area contributed by atoms with E-state index in [1.165, 1.54) is 30.2 Å². The maximum Gasteiger partial charge on any atom is 0.261 e. The lowest BCUT2D eigenvalue weighted by molar-refractivity contribution is -0.108. The van der Waals surface area contributed by atoms with Gasteiger partial charge in [-0.1, -0.05) is 20.8 Å². The van der Waals surface area contributed by atoms with Gasteiger partial charge in [0.25, 0.3) is 5.56 Å². The molecule has 0 amide bonds. The molecule has 3 aliphatic carbocycles. The number of rotatable bonds is 6. The highest BCUT2D eigenvalue weighted by molar-refractivity contribution is 5.96. The molecule has 2 aromatic carbocycles. The van der Waals surface area contributed by atoms with E-state index in [0.29, 0.717) is 57.7 Å². The van der Waals surface area contributed by atoms with Gasteiger partial charge in [-0.3, -0.25) is 9.36 Å². The van der Waals surface area contributed by atoms with Crippen molar-refractivity contribution in [1.82, 2.24) is 19.8 Å². The first-order valence-corrected chi connectivity index (χ1v) is 15.8. The van der Waals surface area contributed by atoms with Crippen LogP contribution in [0.5, 0.6) is 11.5 Å². The van der Waals surface area contributed by atoms with E-state index in [4.69, 9.17) is 19.5 Å². The van der Waals surface area contributed by atoms with Crippen molar-refractivity contribution in [3.63, 3.8) is 0 Å². The largest absolute Gasteiger partial charge is 0.497 e. The van der Waals surface area contributed by atoms with Gasteiger partial charge in [-0.25, -0.2) is 14.4 Å². The van der Waals surface area contributed by atoms with Gasteiger partial charge in [-0.15, -0.1) is 0 Å². The van der Waals surface area contributed by atoms with Gasteiger partial charge in [0.1, 0.15) is 18.2 Å². The van der Waals surface area contributed by atoms with Crippen LogP contribution in [0.15, 0.2) is 46.2 Å². The summed E-state index contributed by atoms with van der Waals surface area (Å²) in [6.07, 6.45) is 2.42. The molecule has 236 valence electrons. The molecule has 1 aliphatic heterocycles. The number of hydrogen-bond donors (Lipinski definition) is 2. The third kappa shape index (κ3) is 5.64. The molecule has 0 radical (unpaired) electrons. The number of nitrogens with one attached hydrogen (secondary N) is 2. The molecule has 10 heteroatoms. The van der Waals surface area contributed by atoms with Gasteiger partial charge in [-0.2, -0.15) is 0 Å². The number of methoxy groups -OCH3 is 1. The van der Waals surface area contributed by atoms with Crippen molar-refractivity contribution in [2.75, 3.05) is 25.5 Å². The number of piperazine rings is 1. The number of aromatic nitrogens is 2. The Morgan fingerprint density at radius 1 is 1.14 bits per heavy atom. The standard InChI is InChI=1S/C34H45FN6O3/c1-19-16-41(17-20(2)36-19)33(39-28-13-22-12-26(21(28)3)34(22,4)5)37-23-8-10-25-29(14-23)38-31(40(6)32(25)42)18-44-30-11-9-24(43-7)15-27(30)35/h8-11,14-15,19-22,26,28,36H,12-13,16-18H2,1-7H3,(H,37,39)/t19-,20+,21-,22+,26-,28?/m0/s1. The smallest absolute Gasteiger partial charge is 0.261 e. The number of ether oxygens (including phenoxy) is 2. The zero-order chi connectivity index (χ0) is 31.3. The van der Waals surface area contributed by atoms with Crippen LogP contribution in [0.3, 0.4) is 0 Å². The van der Waals surface area contributed by atoms with Crippen LogP contribution in [0.4, 0.5) is 10.1 Å². The predicted octanol–water partition coefficient (Wildman–Crippen LogP) is 5.18. The van der Waals surface area contributed by atoms with E-state index < -0.39 is 5.82 Å². The first-order valence-electron chi connectivity index (χ1n) is 15.8. The quantitative estimate of drug-likeness (QED) is 0.296. The summed E-state index contributed by atoms with van der Waals surface area (Å²) in [7, 11) is 3.13. The van der Waals surface area contributed by atoms with Crippen molar-refractivity contribution >= 4 is 22.5 Å². The van der Waals surface area contributed by atoms with Crippen LogP contribution in [-0.2, 0) is 13.7 Å². The molecule has 1 saturated heterocycles. The Morgan fingerprint density at radius 2 is 1.89 bits per heavy atom. The zero-order valence-electron chi connectivity index (χ0n) is 26.9. The molecule has 9 nitrogen and oxygen atoms in total. The van der Waals surface area contributed by atoms with Gasteiger partial charge in [0, 0.05) is 44.0 Å². The minimum atomic E-state index is -0.543. The molecule has 2 heterocycles. The summed E-state index contributed by atoms with van der Waals surface area (Å²) < 4.78 is 26.7. The Balaban J connectivity index is 1.29. The Labute approximate surface area is 258 Å². The van der Waals surface area contributed by atoms with Crippen LogP contribution in [-0.4, -0.2) is 58.7 Å². The van der Waals surface area contributed by atoms with Gasteiger partial charge in [0.05, 0.1) is 24.1 Å². The number of fused-ring (bicyclic) bond motifs is 3. The predicted molar refractivity (Wildman–Crippen MR) is 172 cm³/mol. The molecule has 3 aromatic rings. The average molecular weight is 605 g/mol. The minimum Gasteiger partial charge on any atom is -0.497 e. The molecule has 2 bridgehead atoms. The average Bonchev–Trinajstić information content (AvgIpc) is 2.98. The van der Waals surface area contributed by atoms with Gasteiger partial charge in [-0.05, 0) is 80.2 Å². The molecule has 3 saturated carbocycles. The maximum absolute atomic E-state index is 14.5. The summed E-state index contributed by atoms with van der Waals surface area (Å²) in [6.45, 7) is 13.3. The molecule has 0 spiro atoms. The van der Waals surface area contributed by atoms with Gasteiger partial charge in [0.15, 0.2) is 17.5 Å². The summed E-state index contributed by atoms with van der Waals surface area (Å²) in [4.78, 5) is 25.8. The Hall–Kier alpha value is -3.66. The van der Waals surface area contributed by atoms with E-state index in [-0.39, 0.29) is 24.0 Å². The molecule has 6 atom stereocenters. The molecule has 1 unspecified atom stereocenters. The summed E-state index contributed by atoms with van der Waals surface area (Å²) in [5.41, 5.74) is 1.57. The molecule has 4 fully saturated rings. The second-order valence-electron chi connectivity index (χ2n) is 13.7. The number of anilines is 1. The first kappa shape index (κ1) is 30.4. The first-order chi connectivity index (χ1) is 20.9. The third-order valence-electron chi connectivity index (χ3n) is 10.4. The number of guanidine groups is 1. The molecule has 1 aromatic heterocycles. The summed E-state index contributed by atoms with van der Waals surface area (Å²) in [5.74, 6) is 3.13. The highest BCUT2D eigenvalue weighted by atomic mass is 19.1. The highest BCUT2D eigenvalue weighted by Gasteiger charge is 2.56. The normalized spacial score (nSPS) is 28.0. The fourth-order valence-corrected chi connectivity index (χ4v) is 7.66. The van der Waals surface area contributed by atoms with Crippen LogP contribution in [0.25, 0.3) is 10.9 Å². The lowest BCUT2D eigenvalue weighted by Crippen LogP contribution is -2.59. The van der Waals surface area contributed by atoms with Crippen molar-refractivity contribution in [1.29, 1.82) is 0 Å². The van der Waals surface area contributed by atoms with Crippen LogP contribution >= 0.6 is 0 Å². The fourth-order valence-electron chi connectivity index (χ4n) is 7.66. The summed E-state index contributed by atoms with van der Waals surface area (Å²) >= 11 is 0. The van der Waals surface area contributed by atoms with E-state index in [0.717, 1.165) is 31.2 Å². The van der Waals surface area contributed by atoms with E-state index in [9.17, 15) is 9.18 Å². The number of hydrogen-bond acceptors (Lipinski definition) is 6. The van der Waals surface area contributed by atoms with Gasteiger partial charge < -0.3 is 25.0 Å². The van der Waals surface area contributed by atoms with Crippen molar-refractivity contribution in [3.8, 4) is 11.5 Å². The lowest BCUT2D eigenvalue weighted by atomic mass is 9.45. The monoisotopic (exact) mass is 604 g/mol. The molecule has 2 N–H and O–H groups in total. The number of aliphatic imine (C=N–C) groups is 1. The molecule has 4 aliphatic rings. The van der Waals surface area contributed by atoms with Crippen molar-refractivity contribution < 1.29 is 13.9 Å². The Bertz CT molecular complexity index is 1630. The minimum absolute atomic E-state index is 0.0638. The topological polar surface area (TPSA) is 93.0 Å². The van der Waals surface area contributed by atoms with E-state index in [1.807, 2.05) is 18.2 Å². The van der Waals surface area contributed by atoms with Crippen LogP contribution < -0.4 is 25.7 Å². The van der Waals surface area contributed by atoms with Gasteiger partial charge >= 0.3 is 0 Å². The van der Waals surface area contributed by atoms with Crippen LogP contribution in [0.1, 0.15) is 53.3 Å². The van der Waals surface area contributed by atoms with E-state index in [2.05, 4.69) is 50.2 Å².